The summed E-state index contributed by atoms with van der Waals surface area (Å²) in [7, 11) is 2.03. The van der Waals surface area contributed by atoms with Crippen LogP contribution in [0.2, 0.25) is 0 Å². The third kappa shape index (κ3) is 4.37. The number of hydrogen-bond donors (Lipinski definition) is 3. The Labute approximate surface area is 132 Å². The fourth-order valence-electron chi connectivity index (χ4n) is 2.76. The zero-order valence-electron chi connectivity index (χ0n) is 13.7. The number of nitrogens with zero attached hydrogens (tertiary/aromatic N) is 1. The molecule has 1 fully saturated rings. The van der Waals surface area contributed by atoms with Crippen LogP contribution in [0.25, 0.3) is 0 Å². The van der Waals surface area contributed by atoms with Crippen LogP contribution in [0.1, 0.15) is 33.1 Å². The van der Waals surface area contributed by atoms with Gasteiger partial charge in [0.25, 0.3) is 0 Å². The standard InChI is InChI=1S/C17H27N3O2/c1-12(2)20(3)15-8-5-7-14(10-15)19-17(22)18-11-13-6-4-9-16(13)21/h5,7-8,10,12-13,16,21H,4,6,9,11H2,1-3H3,(H2,18,19,22). The molecule has 2 rings (SSSR count). The summed E-state index contributed by atoms with van der Waals surface area (Å²) < 4.78 is 0. The van der Waals surface area contributed by atoms with Gasteiger partial charge in [0.05, 0.1) is 6.10 Å². The van der Waals surface area contributed by atoms with E-state index in [4.69, 9.17) is 0 Å². The lowest BCUT2D eigenvalue weighted by Crippen LogP contribution is -2.35. The number of carbonyl (C=O) groups is 1. The monoisotopic (exact) mass is 305 g/mol. The highest BCUT2D eigenvalue weighted by atomic mass is 16.3. The Balaban J connectivity index is 1.87. The van der Waals surface area contributed by atoms with E-state index in [0.29, 0.717) is 12.6 Å². The van der Waals surface area contributed by atoms with Crippen molar-refractivity contribution < 1.29 is 9.90 Å². The molecule has 0 aliphatic heterocycles. The van der Waals surface area contributed by atoms with Crippen molar-refractivity contribution in [3.05, 3.63) is 24.3 Å². The minimum Gasteiger partial charge on any atom is -0.393 e. The third-order valence-corrected chi connectivity index (χ3v) is 4.43. The van der Waals surface area contributed by atoms with Gasteiger partial charge >= 0.3 is 6.03 Å². The molecule has 1 aromatic carbocycles. The molecule has 3 N–H and O–H groups in total. The number of nitrogens with one attached hydrogen (secondary N) is 2. The Morgan fingerprint density at radius 2 is 2.18 bits per heavy atom. The lowest BCUT2D eigenvalue weighted by atomic mass is 10.1. The number of rotatable bonds is 5. The van der Waals surface area contributed by atoms with E-state index < -0.39 is 0 Å². The molecule has 1 aliphatic carbocycles. The minimum absolute atomic E-state index is 0.184. The van der Waals surface area contributed by atoms with Gasteiger partial charge in [0.2, 0.25) is 0 Å². The molecule has 0 heterocycles. The fourth-order valence-corrected chi connectivity index (χ4v) is 2.76. The second kappa shape index (κ2) is 7.49. The molecule has 0 radical (unpaired) electrons. The molecule has 1 aliphatic rings. The van der Waals surface area contributed by atoms with Crippen LogP contribution in [-0.2, 0) is 0 Å². The Morgan fingerprint density at radius 1 is 1.41 bits per heavy atom. The molecular formula is C17H27N3O2. The summed E-state index contributed by atoms with van der Waals surface area (Å²) in [6.07, 6.45) is 2.59. The van der Waals surface area contributed by atoms with Crippen LogP contribution >= 0.6 is 0 Å². The molecule has 0 saturated heterocycles. The van der Waals surface area contributed by atoms with Gasteiger partial charge in [0.1, 0.15) is 0 Å². The van der Waals surface area contributed by atoms with Crippen molar-refractivity contribution in [2.75, 3.05) is 23.8 Å². The highest BCUT2D eigenvalue weighted by molar-refractivity contribution is 5.89. The second-order valence-electron chi connectivity index (χ2n) is 6.35. The minimum atomic E-state index is -0.275. The van der Waals surface area contributed by atoms with E-state index >= 15 is 0 Å². The molecule has 0 bridgehead atoms. The second-order valence-corrected chi connectivity index (χ2v) is 6.35. The summed E-state index contributed by atoms with van der Waals surface area (Å²) in [4.78, 5) is 14.1. The summed E-state index contributed by atoms with van der Waals surface area (Å²) in [6.45, 7) is 4.78. The quantitative estimate of drug-likeness (QED) is 0.784. The summed E-state index contributed by atoms with van der Waals surface area (Å²) in [6, 6.07) is 7.98. The number of hydrogen-bond acceptors (Lipinski definition) is 3. The summed E-state index contributed by atoms with van der Waals surface area (Å²) >= 11 is 0. The fraction of sp³-hybridized carbons (Fsp3) is 0.588. The van der Waals surface area contributed by atoms with E-state index in [9.17, 15) is 9.90 Å². The molecule has 2 atom stereocenters. The van der Waals surface area contributed by atoms with Crippen LogP contribution < -0.4 is 15.5 Å². The van der Waals surface area contributed by atoms with Gasteiger partial charge in [-0.25, -0.2) is 4.79 Å². The molecular weight excluding hydrogens is 278 g/mol. The number of urea groups is 1. The summed E-state index contributed by atoms with van der Waals surface area (Å²) in [5.41, 5.74) is 1.84. The molecule has 122 valence electrons. The molecule has 1 aromatic rings. The molecule has 0 aromatic heterocycles. The summed E-state index contributed by atoms with van der Waals surface area (Å²) in [5, 5.41) is 15.5. The number of anilines is 2. The van der Waals surface area contributed by atoms with Crippen molar-refractivity contribution in [2.45, 2.75) is 45.3 Å². The van der Waals surface area contributed by atoms with E-state index in [-0.39, 0.29) is 18.1 Å². The zero-order valence-corrected chi connectivity index (χ0v) is 13.7. The predicted octanol–water partition coefficient (Wildman–Crippen LogP) is 2.81. The van der Waals surface area contributed by atoms with E-state index in [2.05, 4.69) is 29.4 Å². The maximum absolute atomic E-state index is 12.0. The Hall–Kier alpha value is -1.75. The van der Waals surface area contributed by atoms with Crippen LogP contribution in [0.15, 0.2) is 24.3 Å². The van der Waals surface area contributed by atoms with Crippen LogP contribution in [0.5, 0.6) is 0 Å². The van der Waals surface area contributed by atoms with Gasteiger partial charge in [0, 0.05) is 36.9 Å². The smallest absolute Gasteiger partial charge is 0.319 e. The molecule has 5 heteroatoms. The molecule has 22 heavy (non-hydrogen) atoms. The normalized spacial score (nSPS) is 21.0. The predicted molar refractivity (Wildman–Crippen MR) is 90.4 cm³/mol. The van der Waals surface area contributed by atoms with Gasteiger partial charge in [-0.05, 0) is 44.9 Å². The van der Waals surface area contributed by atoms with Crippen LogP contribution in [0, 0.1) is 5.92 Å². The topological polar surface area (TPSA) is 64.6 Å². The summed E-state index contributed by atoms with van der Waals surface area (Å²) in [5.74, 6) is 0.184. The Morgan fingerprint density at radius 3 is 2.82 bits per heavy atom. The van der Waals surface area contributed by atoms with Crippen molar-refractivity contribution >= 4 is 17.4 Å². The first-order valence-electron chi connectivity index (χ1n) is 8.03. The van der Waals surface area contributed by atoms with Gasteiger partial charge in [-0.15, -0.1) is 0 Å². The molecule has 2 unspecified atom stereocenters. The van der Waals surface area contributed by atoms with Gasteiger partial charge in [-0.2, -0.15) is 0 Å². The van der Waals surface area contributed by atoms with E-state index in [1.165, 1.54) is 0 Å². The average molecular weight is 305 g/mol. The van der Waals surface area contributed by atoms with Crippen LogP contribution in [0.4, 0.5) is 16.2 Å². The van der Waals surface area contributed by atoms with Crippen molar-refractivity contribution in [2.24, 2.45) is 5.92 Å². The Bertz CT molecular complexity index is 504. The lowest BCUT2D eigenvalue weighted by Gasteiger charge is -2.24. The third-order valence-electron chi connectivity index (χ3n) is 4.43. The van der Waals surface area contributed by atoms with E-state index in [1.54, 1.807) is 0 Å². The first kappa shape index (κ1) is 16.6. The van der Waals surface area contributed by atoms with Crippen LogP contribution in [0.3, 0.4) is 0 Å². The Kier molecular flexibility index (Phi) is 5.66. The highest BCUT2D eigenvalue weighted by Crippen LogP contribution is 2.24. The van der Waals surface area contributed by atoms with Crippen molar-refractivity contribution in [1.29, 1.82) is 0 Å². The van der Waals surface area contributed by atoms with Gasteiger partial charge in [-0.1, -0.05) is 12.5 Å². The molecule has 5 nitrogen and oxygen atoms in total. The van der Waals surface area contributed by atoms with Gasteiger partial charge in [0.15, 0.2) is 0 Å². The maximum atomic E-state index is 12.0. The number of aliphatic hydroxyl groups is 1. The van der Waals surface area contributed by atoms with E-state index in [1.807, 2.05) is 31.3 Å². The van der Waals surface area contributed by atoms with Crippen molar-refractivity contribution in [1.82, 2.24) is 5.32 Å². The van der Waals surface area contributed by atoms with Crippen LogP contribution in [-0.4, -0.2) is 36.9 Å². The van der Waals surface area contributed by atoms with Gasteiger partial charge in [-0.3, -0.25) is 0 Å². The maximum Gasteiger partial charge on any atom is 0.319 e. The average Bonchev–Trinajstić information content (AvgIpc) is 2.90. The van der Waals surface area contributed by atoms with E-state index in [0.717, 1.165) is 30.6 Å². The molecule has 1 saturated carbocycles. The first-order chi connectivity index (χ1) is 10.5. The first-order valence-corrected chi connectivity index (χ1v) is 8.03. The molecule has 2 amide bonds. The number of amides is 2. The SMILES string of the molecule is CC(C)N(C)c1cccc(NC(=O)NCC2CCCC2O)c1. The number of benzene rings is 1. The zero-order chi connectivity index (χ0) is 16.1. The van der Waals surface area contributed by atoms with Crippen molar-refractivity contribution in [3.8, 4) is 0 Å². The highest BCUT2D eigenvalue weighted by Gasteiger charge is 2.25. The largest absolute Gasteiger partial charge is 0.393 e. The number of aliphatic hydroxyl groups excluding tert-OH is 1. The number of carbonyl (C=O) groups excluding carboxylic acids is 1. The van der Waals surface area contributed by atoms with Gasteiger partial charge < -0.3 is 20.6 Å². The molecule has 0 spiro atoms. The van der Waals surface area contributed by atoms with Crippen molar-refractivity contribution in [3.63, 3.8) is 0 Å². The lowest BCUT2D eigenvalue weighted by molar-refractivity contribution is 0.133.